The fraction of sp³-hybridized carbons (Fsp3) is 0.273. The maximum Gasteiger partial charge on any atom is -0.0228 e. The molecular formula is C22H26. The van der Waals surface area contributed by atoms with Crippen molar-refractivity contribution in [3.05, 3.63) is 82.9 Å². The van der Waals surface area contributed by atoms with Gasteiger partial charge in [-0.2, -0.15) is 0 Å². The molecule has 2 aromatic carbocycles. The second-order valence-electron chi connectivity index (χ2n) is 5.86. The van der Waals surface area contributed by atoms with Crippen molar-refractivity contribution in [3.8, 4) is 0 Å². The molecule has 0 amide bonds. The van der Waals surface area contributed by atoms with Crippen LogP contribution in [0.5, 0.6) is 0 Å². The molecular weight excluding hydrogens is 264 g/mol. The molecule has 0 N–H and O–H groups in total. The summed E-state index contributed by atoms with van der Waals surface area (Å²) >= 11 is 0. The van der Waals surface area contributed by atoms with E-state index in [-0.39, 0.29) is 0 Å². The van der Waals surface area contributed by atoms with Crippen molar-refractivity contribution in [3.63, 3.8) is 0 Å². The molecule has 0 nitrogen and oxygen atoms in total. The Morgan fingerprint density at radius 3 is 1.23 bits per heavy atom. The van der Waals surface area contributed by atoms with Crippen LogP contribution in [0.4, 0.5) is 0 Å². The van der Waals surface area contributed by atoms with Gasteiger partial charge in [-0.1, -0.05) is 71.8 Å². The van der Waals surface area contributed by atoms with Crippen molar-refractivity contribution in [2.24, 2.45) is 0 Å². The number of hydrogen-bond donors (Lipinski definition) is 0. The first-order chi connectivity index (χ1) is 10.6. The van der Waals surface area contributed by atoms with E-state index in [2.05, 4.69) is 88.4 Å². The molecule has 0 spiro atoms. The van der Waals surface area contributed by atoms with Gasteiger partial charge in [-0.05, 0) is 62.8 Å². The summed E-state index contributed by atoms with van der Waals surface area (Å²) in [6.45, 7) is 8.54. The maximum absolute atomic E-state index is 2.24. The largest absolute Gasteiger partial charge is 0.0838 e. The zero-order chi connectivity index (χ0) is 15.9. The highest BCUT2D eigenvalue weighted by Crippen LogP contribution is 2.27. The molecule has 0 saturated heterocycles. The van der Waals surface area contributed by atoms with Gasteiger partial charge >= 0.3 is 0 Å². The third-order valence-corrected chi connectivity index (χ3v) is 4.21. The van der Waals surface area contributed by atoms with Crippen LogP contribution in [0.25, 0.3) is 11.1 Å². The number of allylic oxidation sites excluding steroid dienone is 4. The Bertz CT molecular complexity index is 591. The second-order valence-corrected chi connectivity index (χ2v) is 5.86. The van der Waals surface area contributed by atoms with Gasteiger partial charge in [0.1, 0.15) is 0 Å². The third kappa shape index (κ3) is 4.21. The monoisotopic (exact) mass is 290 g/mol. The summed E-state index contributed by atoms with van der Waals surface area (Å²) in [7, 11) is 0. The van der Waals surface area contributed by atoms with Gasteiger partial charge in [0.25, 0.3) is 0 Å². The molecule has 0 aliphatic carbocycles. The molecule has 0 saturated carbocycles. The average Bonchev–Trinajstić information content (AvgIpc) is 2.54. The van der Waals surface area contributed by atoms with Crippen LogP contribution in [0, 0.1) is 13.8 Å². The summed E-state index contributed by atoms with van der Waals surface area (Å²) < 4.78 is 0. The van der Waals surface area contributed by atoms with Crippen LogP contribution in [0.15, 0.2) is 60.7 Å². The van der Waals surface area contributed by atoms with E-state index in [0.717, 1.165) is 12.8 Å². The van der Waals surface area contributed by atoms with Crippen molar-refractivity contribution in [1.29, 1.82) is 0 Å². The third-order valence-electron chi connectivity index (χ3n) is 4.21. The van der Waals surface area contributed by atoms with Gasteiger partial charge in [-0.15, -0.1) is 0 Å². The van der Waals surface area contributed by atoms with Gasteiger partial charge in [0.15, 0.2) is 0 Å². The molecule has 2 aromatic rings. The van der Waals surface area contributed by atoms with E-state index in [9.17, 15) is 0 Å². The van der Waals surface area contributed by atoms with Gasteiger partial charge in [0.2, 0.25) is 0 Å². The van der Waals surface area contributed by atoms with E-state index < -0.39 is 0 Å². The van der Waals surface area contributed by atoms with Crippen LogP contribution in [0.1, 0.15) is 48.9 Å². The quantitative estimate of drug-likeness (QED) is 0.582. The van der Waals surface area contributed by atoms with Gasteiger partial charge in [-0.3, -0.25) is 0 Å². The van der Waals surface area contributed by atoms with Gasteiger partial charge < -0.3 is 0 Å². The Hall–Kier alpha value is -2.08. The molecule has 0 unspecified atom stereocenters. The van der Waals surface area contributed by atoms with Crippen molar-refractivity contribution >= 4 is 11.1 Å². The van der Waals surface area contributed by atoms with Crippen LogP contribution < -0.4 is 0 Å². The Kier molecular flexibility index (Phi) is 5.77. The van der Waals surface area contributed by atoms with E-state index in [1.54, 1.807) is 0 Å². The fourth-order valence-electron chi connectivity index (χ4n) is 2.72. The smallest absolute Gasteiger partial charge is 0.0228 e. The van der Waals surface area contributed by atoms with E-state index in [1.165, 1.54) is 33.4 Å². The van der Waals surface area contributed by atoms with E-state index in [1.807, 2.05) is 0 Å². The minimum Gasteiger partial charge on any atom is -0.0838 e. The normalized spacial score (nSPS) is 12.5. The van der Waals surface area contributed by atoms with Crippen LogP contribution in [-0.2, 0) is 0 Å². The first-order valence-corrected chi connectivity index (χ1v) is 8.08. The molecule has 0 aromatic heterocycles. The number of benzene rings is 2. The minimum absolute atomic E-state index is 1.08. The van der Waals surface area contributed by atoms with Crippen molar-refractivity contribution in [2.45, 2.75) is 40.5 Å². The molecule has 0 aliphatic heterocycles. The molecule has 0 aliphatic rings. The molecule has 0 radical (unpaired) electrons. The lowest BCUT2D eigenvalue weighted by molar-refractivity contribution is 1.08. The maximum atomic E-state index is 2.24. The van der Waals surface area contributed by atoms with Crippen molar-refractivity contribution < 1.29 is 0 Å². The number of hydrogen-bond acceptors (Lipinski definition) is 0. The summed E-state index contributed by atoms with van der Waals surface area (Å²) in [6, 6.07) is 17.7. The van der Waals surface area contributed by atoms with Crippen molar-refractivity contribution in [2.75, 3.05) is 0 Å². The Morgan fingerprint density at radius 2 is 0.955 bits per heavy atom. The summed E-state index contributed by atoms with van der Waals surface area (Å²) in [5, 5.41) is 0. The molecule has 114 valence electrons. The van der Waals surface area contributed by atoms with Gasteiger partial charge in [0, 0.05) is 0 Å². The van der Waals surface area contributed by atoms with Crippen LogP contribution in [-0.4, -0.2) is 0 Å². The highest BCUT2D eigenvalue weighted by molar-refractivity contribution is 5.71. The standard InChI is InChI=1S/C22H26/c1-5-19(21-11-7-17(3)8-12-21)15-16-20(6-2)22-13-9-18(4)10-14-22/h5-14H,15-16H2,1-4H3/b19-5+,20-6+. The molecule has 2 rings (SSSR count). The predicted octanol–water partition coefficient (Wildman–Crippen LogP) is 6.59. The lowest BCUT2D eigenvalue weighted by Gasteiger charge is -2.11. The predicted molar refractivity (Wildman–Crippen MR) is 98.9 cm³/mol. The summed E-state index contributed by atoms with van der Waals surface area (Å²) in [5.41, 5.74) is 8.15. The zero-order valence-corrected chi connectivity index (χ0v) is 14.2. The van der Waals surface area contributed by atoms with Crippen LogP contribution in [0.2, 0.25) is 0 Å². The Labute approximate surface area is 135 Å². The molecule has 0 bridgehead atoms. The first kappa shape index (κ1) is 16.3. The van der Waals surface area contributed by atoms with Crippen LogP contribution >= 0.6 is 0 Å². The number of rotatable bonds is 5. The number of aryl methyl sites for hydroxylation is 2. The molecule has 0 atom stereocenters. The van der Waals surface area contributed by atoms with E-state index in [4.69, 9.17) is 0 Å². The zero-order valence-electron chi connectivity index (χ0n) is 14.2. The Balaban J connectivity index is 2.09. The van der Waals surface area contributed by atoms with Crippen LogP contribution in [0.3, 0.4) is 0 Å². The lowest BCUT2D eigenvalue weighted by atomic mass is 9.94. The second kappa shape index (κ2) is 7.79. The van der Waals surface area contributed by atoms with Gasteiger partial charge in [-0.25, -0.2) is 0 Å². The summed E-state index contributed by atoms with van der Waals surface area (Å²) in [6.07, 6.45) is 6.64. The van der Waals surface area contributed by atoms with E-state index in [0.29, 0.717) is 0 Å². The average molecular weight is 290 g/mol. The lowest BCUT2D eigenvalue weighted by Crippen LogP contribution is -1.90. The Morgan fingerprint density at radius 1 is 0.636 bits per heavy atom. The minimum atomic E-state index is 1.08. The molecule has 0 heterocycles. The SMILES string of the molecule is C/C=C(\CC/C(=C\C)c1ccc(C)cc1)c1ccc(C)cc1. The summed E-state index contributed by atoms with van der Waals surface area (Å²) in [4.78, 5) is 0. The molecule has 0 heteroatoms. The molecule has 0 fully saturated rings. The highest BCUT2D eigenvalue weighted by Gasteiger charge is 2.05. The topological polar surface area (TPSA) is 0 Å². The van der Waals surface area contributed by atoms with Gasteiger partial charge in [0.05, 0.1) is 0 Å². The fourth-order valence-corrected chi connectivity index (χ4v) is 2.72. The first-order valence-electron chi connectivity index (χ1n) is 8.08. The van der Waals surface area contributed by atoms with E-state index >= 15 is 0 Å². The molecule has 22 heavy (non-hydrogen) atoms. The summed E-state index contributed by atoms with van der Waals surface area (Å²) in [5.74, 6) is 0. The van der Waals surface area contributed by atoms with Crippen molar-refractivity contribution in [1.82, 2.24) is 0 Å². The highest BCUT2D eigenvalue weighted by atomic mass is 14.1.